The van der Waals surface area contributed by atoms with Gasteiger partial charge >= 0.3 is 5.56 Å². The zero-order chi connectivity index (χ0) is 17.2. The first-order valence-electron chi connectivity index (χ1n) is 7.41. The lowest BCUT2D eigenvalue weighted by Gasteiger charge is -2.01. The van der Waals surface area contributed by atoms with E-state index >= 15 is 0 Å². The molecule has 2 aromatic heterocycles. The number of halogens is 1. The van der Waals surface area contributed by atoms with Gasteiger partial charge in [0.1, 0.15) is 5.39 Å². The van der Waals surface area contributed by atoms with Gasteiger partial charge in [-0.2, -0.15) is 10.2 Å². The molecule has 0 bridgehead atoms. The van der Waals surface area contributed by atoms with E-state index in [0.717, 1.165) is 16.0 Å². The summed E-state index contributed by atoms with van der Waals surface area (Å²) in [4.78, 5) is 13.5. The molecule has 8 heteroatoms. The van der Waals surface area contributed by atoms with E-state index in [0.29, 0.717) is 16.1 Å². The SMILES string of the molecule is O=c1c2cnn(-c3ccccc3)c2nnn1/N=C\c1ccc(Cl)cc1. The van der Waals surface area contributed by atoms with Gasteiger partial charge in [-0.3, -0.25) is 4.79 Å². The molecule has 0 saturated carbocycles. The van der Waals surface area contributed by atoms with Gasteiger partial charge in [0, 0.05) is 5.02 Å². The summed E-state index contributed by atoms with van der Waals surface area (Å²) in [5.74, 6) is 0. The molecule has 0 fully saturated rings. The molecule has 0 saturated heterocycles. The van der Waals surface area contributed by atoms with E-state index in [9.17, 15) is 4.79 Å². The van der Waals surface area contributed by atoms with Crippen molar-refractivity contribution in [3.05, 3.63) is 81.7 Å². The van der Waals surface area contributed by atoms with Gasteiger partial charge in [-0.15, -0.1) is 5.10 Å². The van der Waals surface area contributed by atoms with Crippen molar-refractivity contribution in [2.45, 2.75) is 0 Å². The first-order valence-corrected chi connectivity index (χ1v) is 7.79. The maximum Gasteiger partial charge on any atom is 0.302 e. The van der Waals surface area contributed by atoms with Gasteiger partial charge < -0.3 is 0 Å². The Morgan fingerprint density at radius 1 is 1.04 bits per heavy atom. The number of rotatable bonds is 3. The van der Waals surface area contributed by atoms with Gasteiger partial charge in [-0.25, -0.2) is 4.68 Å². The lowest BCUT2D eigenvalue weighted by atomic mass is 10.2. The van der Waals surface area contributed by atoms with Crippen molar-refractivity contribution in [2.24, 2.45) is 5.10 Å². The fourth-order valence-corrected chi connectivity index (χ4v) is 2.45. The zero-order valence-electron chi connectivity index (χ0n) is 12.8. The molecule has 4 aromatic rings. The number of hydrogen-bond donors (Lipinski definition) is 0. The Morgan fingerprint density at radius 2 is 1.80 bits per heavy atom. The van der Waals surface area contributed by atoms with Crippen molar-refractivity contribution in [3.8, 4) is 5.69 Å². The minimum Gasteiger partial charge on any atom is -0.265 e. The van der Waals surface area contributed by atoms with Gasteiger partial charge in [0.2, 0.25) is 0 Å². The second-order valence-electron chi connectivity index (χ2n) is 5.21. The number of para-hydroxylation sites is 1. The monoisotopic (exact) mass is 350 g/mol. The molecular formula is C17H11ClN6O. The van der Waals surface area contributed by atoms with Crippen LogP contribution in [0.3, 0.4) is 0 Å². The van der Waals surface area contributed by atoms with Crippen molar-refractivity contribution >= 4 is 28.8 Å². The molecule has 25 heavy (non-hydrogen) atoms. The smallest absolute Gasteiger partial charge is 0.265 e. The molecule has 0 N–H and O–H groups in total. The summed E-state index contributed by atoms with van der Waals surface area (Å²) in [6.07, 6.45) is 2.98. The van der Waals surface area contributed by atoms with Crippen molar-refractivity contribution in [1.82, 2.24) is 24.9 Å². The topological polar surface area (TPSA) is 78.0 Å². The molecule has 2 aromatic carbocycles. The molecule has 0 unspecified atom stereocenters. The van der Waals surface area contributed by atoms with Crippen LogP contribution in [0.4, 0.5) is 0 Å². The molecule has 0 atom stereocenters. The number of fused-ring (bicyclic) bond motifs is 1. The van der Waals surface area contributed by atoms with E-state index < -0.39 is 5.56 Å². The second-order valence-corrected chi connectivity index (χ2v) is 5.65. The average molecular weight is 351 g/mol. The lowest BCUT2D eigenvalue weighted by molar-refractivity contribution is 0.636. The Balaban J connectivity index is 1.74. The quantitative estimate of drug-likeness (QED) is 0.532. The van der Waals surface area contributed by atoms with Crippen molar-refractivity contribution in [1.29, 1.82) is 0 Å². The highest BCUT2D eigenvalue weighted by molar-refractivity contribution is 6.30. The number of benzene rings is 2. The Bertz CT molecular complexity index is 1120. The van der Waals surface area contributed by atoms with E-state index in [-0.39, 0.29) is 0 Å². The van der Waals surface area contributed by atoms with Crippen LogP contribution in [0.25, 0.3) is 16.7 Å². The Labute approximate surface area is 146 Å². The summed E-state index contributed by atoms with van der Waals surface area (Å²) in [6.45, 7) is 0. The zero-order valence-corrected chi connectivity index (χ0v) is 13.6. The van der Waals surface area contributed by atoms with E-state index in [4.69, 9.17) is 11.6 Å². The maximum atomic E-state index is 12.5. The molecule has 0 aliphatic rings. The molecule has 4 rings (SSSR count). The molecule has 0 aliphatic carbocycles. The Kier molecular flexibility index (Phi) is 3.83. The summed E-state index contributed by atoms with van der Waals surface area (Å²) in [7, 11) is 0. The maximum absolute atomic E-state index is 12.5. The molecule has 7 nitrogen and oxygen atoms in total. The van der Waals surface area contributed by atoms with Crippen molar-refractivity contribution < 1.29 is 0 Å². The second kappa shape index (κ2) is 6.29. The molecule has 0 radical (unpaired) electrons. The highest BCUT2D eigenvalue weighted by atomic mass is 35.5. The summed E-state index contributed by atoms with van der Waals surface area (Å²) in [5, 5.41) is 17.2. The summed E-state index contributed by atoms with van der Waals surface area (Å²) < 4.78 is 1.57. The van der Waals surface area contributed by atoms with Crippen LogP contribution in [0, 0.1) is 0 Å². The fourth-order valence-electron chi connectivity index (χ4n) is 2.33. The van der Waals surface area contributed by atoms with Crippen LogP contribution in [0.15, 0.2) is 70.7 Å². The van der Waals surface area contributed by atoms with E-state index in [1.54, 1.807) is 28.9 Å². The van der Waals surface area contributed by atoms with E-state index in [1.165, 1.54) is 12.4 Å². The van der Waals surface area contributed by atoms with Crippen LogP contribution in [-0.2, 0) is 0 Å². The molecule has 0 spiro atoms. The number of hydrogen-bond acceptors (Lipinski definition) is 5. The van der Waals surface area contributed by atoms with Crippen LogP contribution in [0.1, 0.15) is 5.56 Å². The third-order valence-corrected chi connectivity index (χ3v) is 3.82. The van der Waals surface area contributed by atoms with Crippen LogP contribution in [0.5, 0.6) is 0 Å². The van der Waals surface area contributed by atoms with Gasteiger partial charge in [0.05, 0.1) is 18.1 Å². The van der Waals surface area contributed by atoms with Crippen LogP contribution < -0.4 is 5.56 Å². The highest BCUT2D eigenvalue weighted by Crippen LogP contribution is 2.12. The largest absolute Gasteiger partial charge is 0.302 e. The van der Waals surface area contributed by atoms with Gasteiger partial charge in [0.15, 0.2) is 5.65 Å². The van der Waals surface area contributed by atoms with E-state index in [2.05, 4.69) is 20.5 Å². The predicted molar refractivity (Wildman–Crippen MR) is 95.4 cm³/mol. The third-order valence-electron chi connectivity index (χ3n) is 3.57. The molecule has 0 amide bonds. The number of aromatic nitrogens is 5. The lowest BCUT2D eigenvalue weighted by Crippen LogP contribution is -2.21. The van der Waals surface area contributed by atoms with Gasteiger partial charge in [-0.1, -0.05) is 46.7 Å². The minimum absolute atomic E-state index is 0.340. The normalized spacial score (nSPS) is 11.4. The standard InChI is InChI=1S/C17H11ClN6O/c18-13-8-6-12(7-9-13)10-20-24-17(25)15-11-19-23(16(15)21-22-24)14-4-2-1-3-5-14/h1-11H/b20-10-. The summed E-state index contributed by atoms with van der Waals surface area (Å²) >= 11 is 5.84. The molecule has 0 aliphatic heterocycles. The van der Waals surface area contributed by atoms with E-state index in [1.807, 2.05) is 30.3 Å². The van der Waals surface area contributed by atoms with Gasteiger partial charge in [0.25, 0.3) is 0 Å². The molecule has 2 heterocycles. The third kappa shape index (κ3) is 2.92. The van der Waals surface area contributed by atoms with Crippen LogP contribution in [-0.4, -0.2) is 31.1 Å². The summed E-state index contributed by atoms with van der Waals surface area (Å²) in [5.41, 5.74) is 1.58. The average Bonchev–Trinajstić information content (AvgIpc) is 3.08. The fraction of sp³-hybridized carbons (Fsp3) is 0. The minimum atomic E-state index is -0.391. The first kappa shape index (κ1) is 15.2. The Hall–Kier alpha value is -3.32. The van der Waals surface area contributed by atoms with Gasteiger partial charge in [-0.05, 0) is 35.0 Å². The van der Waals surface area contributed by atoms with Crippen LogP contribution >= 0.6 is 11.6 Å². The Morgan fingerprint density at radius 3 is 2.56 bits per heavy atom. The van der Waals surface area contributed by atoms with Crippen LogP contribution in [0.2, 0.25) is 5.02 Å². The first-order chi connectivity index (χ1) is 12.2. The molecule has 122 valence electrons. The molecular weight excluding hydrogens is 340 g/mol. The highest BCUT2D eigenvalue weighted by Gasteiger charge is 2.12. The van der Waals surface area contributed by atoms with Crippen molar-refractivity contribution in [2.75, 3.05) is 0 Å². The predicted octanol–water partition coefficient (Wildman–Crippen LogP) is 2.51. The summed E-state index contributed by atoms with van der Waals surface area (Å²) in [6, 6.07) is 16.5. The van der Waals surface area contributed by atoms with Crippen molar-refractivity contribution in [3.63, 3.8) is 0 Å². The number of nitrogens with zero attached hydrogens (tertiary/aromatic N) is 6.